The number of halogens is 1. The summed E-state index contributed by atoms with van der Waals surface area (Å²) in [7, 11) is 0. The largest absolute Gasteiger partial charge is 0.348 e. The monoisotopic (exact) mass is 393 g/mol. The predicted octanol–water partition coefficient (Wildman–Crippen LogP) is 2.86. The first-order chi connectivity index (χ1) is 13.9. The Morgan fingerprint density at radius 3 is 2.34 bits per heavy atom. The number of anilines is 1. The first-order valence-electron chi connectivity index (χ1n) is 9.00. The number of nitrogens with one attached hydrogen (secondary N) is 2. The molecule has 0 saturated carbocycles. The minimum Gasteiger partial charge on any atom is -0.348 e. The van der Waals surface area contributed by atoms with Crippen molar-refractivity contribution in [3.8, 4) is 0 Å². The topological polar surface area (TPSA) is 80.2 Å². The van der Waals surface area contributed by atoms with Crippen molar-refractivity contribution in [2.45, 2.75) is 20.0 Å². The van der Waals surface area contributed by atoms with Gasteiger partial charge in [-0.1, -0.05) is 12.1 Å². The Bertz CT molecular complexity index is 1070. The average Bonchev–Trinajstić information content (AvgIpc) is 2.70. The molecule has 0 aliphatic carbocycles. The number of pyridine rings is 1. The zero-order valence-corrected chi connectivity index (χ0v) is 15.8. The summed E-state index contributed by atoms with van der Waals surface area (Å²) in [6, 6.07) is 15.5. The maximum Gasteiger partial charge on any atom is 0.251 e. The number of nitrogens with zero attached hydrogens (tertiary/aromatic N) is 1. The van der Waals surface area contributed by atoms with Crippen LogP contribution in [-0.2, 0) is 17.9 Å². The Hall–Kier alpha value is -3.74. The minimum absolute atomic E-state index is 0.0982. The van der Waals surface area contributed by atoms with Gasteiger partial charge in [0.25, 0.3) is 11.5 Å². The van der Waals surface area contributed by atoms with E-state index in [0.29, 0.717) is 11.3 Å². The maximum atomic E-state index is 12.9. The lowest BCUT2D eigenvalue weighted by Crippen LogP contribution is -2.27. The standard InChI is InChI=1S/C22H20FN3O3/c1-15-10-11-26(21(28)12-15)14-20(27)25-19-8-4-17(5-9-19)22(29)24-13-16-2-6-18(23)7-3-16/h2-12H,13-14H2,1H3,(H,24,29)(H,25,27). The van der Waals surface area contributed by atoms with Gasteiger partial charge in [-0.3, -0.25) is 14.4 Å². The normalized spacial score (nSPS) is 10.4. The fraction of sp³-hybridized carbons (Fsp3) is 0.136. The lowest BCUT2D eigenvalue weighted by atomic mass is 10.1. The van der Waals surface area contributed by atoms with Crippen LogP contribution in [-0.4, -0.2) is 16.4 Å². The molecule has 3 rings (SSSR count). The third-order valence-electron chi connectivity index (χ3n) is 4.26. The van der Waals surface area contributed by atoms with Crippen LogP contribution < -0.4 is 16.2 Å². The Balaban J connectivity index is 1.54. The fourth-order valence-corrected chi connectivity index (χ4v) is 2.68. The molecule has 0 radical (unpaired) electrons. The average molecular weight is 393 g/mol. The van der Waals surface area contributed by atoms with Gasteiger partial charge in [0.1, 0.15) is 12.4 Å². The van der Waals surface area contributed by atoms with Gasteiger partial charge in [-0.25, -0.2) is 4.39 Å². The van der Waals surface area contributed by atoms with Crippen molar-refractivity contribution >= 4 is 17.5 Å². The van der Waals surface area contributed by atoms with E-state index in [2.05, 4.69) is 10.6 Å². The number of carbonyl (C=O) groups excluding carboxylic acids is 2. The molecule has 1 heterocycles. The van der Waals surface area contributed by atoms with E-state index >= 15 is 0 Å². The van der Waals surface area contributed by atoms with E-state index < -0.39 is 0 Å². The highest BCUT2D eigenvalue weighted by Gasteiger charge is 2.08. The van der Waals surface area contributed by atoms with Crippen molar-refractivity contribution in [3.63, 3.8) is 0 Å². The lowest BCUT2D eigenvalue weighted by Gasteiger charge is -2.09. The van der Waals surface area contributed by atoms with Crippen LogP contribution >= 0.6 is 0 Å². The van der Waals surface area contributed by atoms with Crippen molar-refractivity contribution in [2.24, 2.45) is 0 Å². The molecule has 2 aromatic carbocycles. The summed E-state index contributed by atoms with van der Waals surface area (Å²) in [4.78, 5) is 36.2. The molecule has 29 heavy (non-hydrogen) atoms. The number of carbonyl (C=O) groups is 2. The maximum absolute atomic E-state index is 12.9. The first-order valence-corrected chi connectivity index (χ1v) is 9.00. The highest BCUT2D eigenvalue weighted by Crippen LogP contribution is 2.10. The SMILES string of the molecule is Cc1ccn(CC(=O)Nc2ccc(C(=O)NCc3ccc(F)cc3)cc2)c(=O)c1. The Kier molecular flexibility index (Phi) is 6.19. The molecule has 2 N–H and O–H groups in total. The molecule has 6 nitrogen and oxygen atoms in total. The van der Waals surface area contributed by atoms with Gasteiger partial charge in [0.15, 0.2) is 0 Å². The lowest BCUT2D eigenvalue weighted by molar-refractivity contribution is -0.116. The molecular formula is C22H20FN3O3. The smallest absolute Gasteiger partial charge is 0.251 e. The molecule has 0 saturated heterocycles. The van der Waals surface area contributed by atoms with E-state index in [-0.39, 0.29) is 36.3 Å². The molecule has 0 unspecified atom stereocenters. The number of rotatable bonds is 6. The Labute approximate surface area is 167 Å². The molecule has 7 heteroatoms. The van der Waals surface area contributed by atoms with E-state index in [4.69, 9.17) is 0 Å². The van der Waals surface area contributed by atoms with Crippen LogP contribution in [0.15, 0.2) is 71.7 Å². The third kappa shape index (κ3) is 5.62. The van der Waals surface area contributed by atoms with Gasteiger partial charge in [0.05, 0.1) is 0 Å². The Morgan fingerprint density at radius 1 is 1.00 bits per heavy atom. The highest BCUT2D eigenvalue weighted by molar-refractivity contribution is 5.95. The highest BCUT2D eigenvalue weighted by atomic mass is 19.1. The van der Waals surface area contributed by atoms with Gasteiger partial charge in [-0.05, 0) is 60.5 Å². The summed E-state index contributed by atoms with van der Waals surface area (Å²) in [5.74, 6) is -0.951. The molecule has 0 aliphatic heterocycles. The van der Waals surface area contributed by atoms with Crippen molar-refractivity contribution in [2.75, 3.05) is 5.32 Å². The molecule has 0 aliphatic rings. The fourth-order valence-electron chi connectivity index (χ4n) is 2.68. The molecule has 3 aromatic rings. The number of hydrogen-bond donors (Lipinski definition) is 2. The van der Waals surface area contributed by atoms with E-state index in [9.17, 15) is 18.8 Å². The van der Waals surface area contributed by atoms with Crippen LogP contribution in [0.5, 0.6) is 0 Å². The van der Waals surface area contributed by atoms with Crippen LogP contribution in [0.3, 0.4) is 0 Å². The number of aromatic nitrogens is 1. The Morgan fingerprint density at radius 2 is 1.69 bits per heavy atom. The van der Waals surface area contributed by atoms with Crippen molar-refractivity contribution in [1.29, 1.82) is 0 Å². The summed E-state index contributed by atoms with van der Waals surface area (Å²) in [5.41, 5.74) is 2.33. The van der Waals surface area contributed by atoms with Gasteiger partial charge in [0.2, 0.25) is 5.91 Å². The number of benzene rings is 2. The zero-order valence-electron chi connectivity index (χ0n) is 15.8. The molecule has 0 fully saturated rings. The van der Waals surface area contributed by atoms with Gasteiger partial charge in [0, 0.05) is 30.1 Å². The number of aryl methyl sites for hydroxylation is 1. The number of hydrogen-bond acceptors (Lipinski definition) is 3. The van der Waals surface area contributed by atoms with Crippen LogP contribution in [0.25, 0.3) is 0 Å². The molecule has 0 atom stereocenters. The van der Waals surface area contributed by atoms with E-state index in [1.165, 1.54) is 22.8 Å². The molecule has 1 aromatic heterocycles. The van der Waals surface area contributed by atoms with E-state index in [1.807, 2.05) is 6.92 Å². The van der Waals surface area contributed by atoms with Gasteiger partial charge in [-0.15, -0.1) is 0 Å². The molecular weight excluding hydrogens is 373 g/mol. The van der Waals surface area contributed by atoms with Crippen LogP contribution in [0, 0.1) is 12.7 Å². The second-order valence-electron chi connectivity index (χ2n) is 6.60. The third-order valence-corrected chi connectivity index (χ3v) is 4.26. The van der Waals surface area contributed by atoms with Gasteiger partial charge >= 0.3 is 0 Å². The van der Waals surface area contributed by atoms with Crippen LogP contribution in [0.2, 0.25) is 0 Å². The van der Waals surface area contributed by atoms with Crippen molar-refractivity contribution < 1.29 is 14.0 Å². The number of amides is 2. The predicted molar refractivity (Wildman–Crippen MR) is 108 cm³/mol. The minimum atomic E-state index is -0.343. The quantitative estimate of drug-likeness (QED) is 0.676. The summed E-state index contributed by atoms with van der Waals surface area (Å²) < 4.78 is 14.2. The summed E-state index contributed by atoms with van der Waals surface area (Å²) >= 11 is 0. The van der Waals surface area contributed by atoms with Crippen molar-refractivity contribution in [1.82, 2.24) is 9.88 Å². The van der Waals surface area contributed by atoms with Gasteiger partial charge < -0.3 is 15.2 Å². The second-order valence-corrected chi connectivity index (χ2v) is 6.60. The van der Waals surface area contributed by atoms with E-state index in [0.717, 1.165) is 11.1 Å². The van der Waals surface area contributed by atoms with Gasteiger partial charge in [-0.2, -0.15) is 0 Å². The molecule has 2 amide bonds. The first kappa shape index (κ1) is 20.0. The zero-order chi connectivity index (χ0) is 20.8. The summed E-state index contributed by atoms with van der Waals surface area (Å²) in [5, 5.41) is 5.45. The molecule has 148 valence electrons. The van der Waals surface area contributed by atoms with Crippen LogP contribution in [0.1, 0.15) is 21.5 Å². The van der Waals surface area contributed by atoms with Crippen molar-refractivity contribution in [3.05, 3.63) is 99.7 Å². The van der Waals surface area contributed by atoms with Crippen LogP contribution in [0.4, 0.5) is 10.1 Å². The summed E-state index contributed by atoms with van der Waals surface area (Å²) in [6.07, 6.45) is 1.58. The van der Waals surface area contributed by atoms with E-state index in [1.54, 1.807) is 48.7 Å². The second kappa shape index (κ2) is 8.97. The molecule has 0 bridgehead atoms. The summed E-state index contributed by atoms with van der Waals surface area (Å²) in [6.45, 7) is 1.99. The molecule has 0 spiro atoms.